The predicted molar refractivity (Wildman–Crippen MR) is 40.2 cm³/mol. The third-order valence-corrected chi connectivity index (χ3v) is 2.01. The van der Waals surface area contributed by atoms with E-state index in [4.69, 9.17) is 9.47 Å². The minimum absolute atomic E-state index is 0.0745. The molecular formula is C8H14O3. The second kappa shape index (κ2) is 3.22. The molecule has 3 heteroatoms. The Labute approximate surface area is 66.7 Å². The molecule has 1 saturated carbocycles. The Morgan fingerprint density at radius 2 is 2.09 bits per heavy atom. The van der Waals surface area contributed by atoms with E-state index >= 15 is 0 Å². The van der Waals surface area contributed by atoms with Gasteiger partial charge < -0.3 is 9.47 Å². The Bertz CT molecular complexity index is 149. The van der Waals surface area contributed by atoms with Crippen molar-refractivity contribution < 1.29 is 14.3 Å². The summed E-state index contributed by atoms with van der Waals surface area (Å²) >= 11 is 0. The number of carbonyl (C=O) groups excluding carboxylic acids is 1. The predicted octanol–water partition coefficient (Wildman–Crippen LogP) is 0.976. The van der Waals surface area contributed by atoms with Crippen molar-refractivity contribution >= 4 is 5.97 Å². The molecule has 0 amide bonds. The van der Waals surface area contributed by atoms with Crippen molar-refractivity contribution in [3.05, 3.63) is 0 Å². The maximum Gasteiger partial charge on any atom is 0.311 e. The van der Waals surface area contributed by atoms with Crippen LogP contribution in [0, 0.1) is 5.41 Å². The van der Waals surface area contributed by atoms with Crippen molar-refractivity contribution in [1.82, 2.24) is 0 Å². The fourth-order valence-electron chi connectivity index (χ4n) is 0.784. The molecule has 0 radical (unpaired) electrons. The van der Waals surface area contributed by atoms with Gasteiger partial charge in [0.2, 0.25) is 0 Å². The first-order chi connectivity index (χ1) is 5.19. The van der Waals surface area contributed by atoms with Crippen molar-refractivity contribution in [3.8, 4) is 0 Å². The quantitative estimate of drug-likeness (QED) is 0.452. The van der Waals surface area contributed by atoms with E-state index in [-0.39, 0.29) is 11.4 Å². The van der Waals surface area contributed by atoms with Gasteiger partial charge in [0.1, 0.15) is 6.61 Å². The molecule has 0 bridgehead atoms. The van der Waals surface area contributed by atoms with E-state index in [1.165, 1.54) is 0 Å². The van der Waals surface area contributed by atoms with Gasteiger partial charge in [-0.15, -0.1) is 0 Å². The van der Waals surface area contributed by atoms with E-state index in [2.05, 4.69) is 0 Å². The van der Waals surface area contributed by atoms with Crippen molar-refractivity contribution in [2.45, 2.75) is 19.8 Å². The van der Waals surface area contributed by atoms with Crippen LogP contribution in [0.1, 0.15) is 19.8 Å². The van der Waals surface area contributed by atoms with Crippen molar-refractivity contribution in [3.63, 3.8) is 0 Å². The van der Waals surface area contributed by atoms with E-state index < -0.39 is 0 Å². The van der Waals surface area contributed by atoms with E-state index in [0.29, 0.717) is 13.2 Å². The monoisotopic (exact) mass is 158 g/mol. The number of ether oxygens (including phenoxy) is 2. The molecule has 0 aromatic carbocycles. The van der Waals surface area contributed by atoms with Crippen LogP contribution < -0.4 is 0 Å². The summed E-state index contributed by atoms with van der Waals surface area (Å²) in [6, 6.07) is 0. The van der Waals surface area contributed by atoms with Gasteiger partial charge in [-0.05, 0) is 19.8 Å². The Kier molecular flexibility index (Phi) is 2.49. The normalized spacial score (nSPS) is 19.5. The smallest absolute Gasteiger partial charge is 0.311 e. The van der Waals surface area contributed by atoms with Gasteiger partial charge in [-0.1, -0.05) is 0 Å². The number of hydrogen-bond acceptors (Lipinski definition) is 3. The van der Waals surface area contributed by atoms with Crippen LogP contribution >= 0.6 is 0 Å². The highest BCUT2D eigenvalue weighted by molar-refractivity contribution is 5.79. The summed E-state index contributed by atoms with van der Waals surface area (Å²) in [5.74, 6) is -0.0745. The molecule has 0 aliphatic heterocycles. The Hall–Kier alpha value is -0.570. The molecule has 1 aliphatic rings. The van der Waals surface area contributed by atoms with Gasteiger partial charge in [0.25, 0.3) is 0 Å². The summed E-state index contributed by atoms with van der Waals surface area (Å²) in [5.41, 5.74) is -0.159. The van der Waals surface area contributed by atoms with Crippen LogP contribution in [0.25, 0.3) is 0 Å². The van der Waals surface area contributed by atoms with E-state index in [0.717, 1.165) is 12.8 Å². The molecule has 11 heavy (non-hydrogen) atoms. The lowest BCUT2D eigenvalue weighted by Gasteiger charge is -2.07. The topological polar surface area (TPSA) is 35.5 Å². The standard InChI is InChI=1S/C8H14O3/c1-8(3-4-8)7(9)11-6-5-10-2/h3-6H2,1-2H3. The summed E-state index contributed by atoms with van der Waals surface area (Å²) in [7, 11) is 1.59. The Balaban J connectivity index is 2.12. The van der Waals surface area contributed by atoms with Gasteiger partial charge in [0.05, 0.1) is 12.0 Å². The average molecular weight is 158 g/mol. The first-order valence-corrected chi connectivity index (χ1v) is 3.85. The highest BCUT2D eigenvalue weighted by atomic mass is 16.6. The SMILES string of the molecule is COCCOC(=O)C1(C)CC1. The zero-order valence-corrected chi connectivity index (χ0v) is 7.05. The third-order valence-electron chi connectivity index (χ3n) is 2.01. The number of rotatable bonds is 4. The van der Waals surface area contributed by atoms with Crippen LogP contribution in [0.5, 0.6) is 0 Å². The van der Waals surface area contributed by atoms with Gasteiger partial charge >= 0.3 is 5.97 Å². The molecule has 0 saturated heterocycles. The van der Waals surface area contributed by atoms with Gasteiger partial charge in [0, 0.05) is 7.11 Å². The van der Waals surface area contributed by atoms with Gasteiger partial charge in [-0.25, -0.2) is 0 Å². The van der Waals surface area contributed by atoms with E-state index in [1.807, 2.05) is 6.92 Å². The molecule has 0 aromatic rings. The zero-order chi connectivity index (χ0) is 8.32. The van der Waals surface area contributed by atoms with Crippen LogP contribution in [-0.4, -0.2) is 26.3 Å². The van der Waals surface area contributed by atoms with E-state index in [1.54, 1.807) is 7.11 Å². The largest absolute Gasteiger partial charge is 0.463 e. The molecule has 1 rings (SSSR count). The second-order valence-corrected chi connectivity index (χ2v) is 3.19. The number of carbonyl (C=O) groups is 1. The molecule has 0 aromatic heterocycles. The van der Waals surface area contributed by atoms with Crippen LogP contribution in [0.4, 0.5) is 0 Å². The van der Waals surface area contributed by atoms with Crippen molar-refractivity contribution in [2.75, 3.05) is 20.3 Å². The lowest BCUT2D eigenvalue weighted by Crippen LogP contribution is -2.17. The molecular weight excluding hydrogens is 144 g/mol. The first kappa shape index (κ1) is 8.53. The summed E-state index contributed by atoms with van der Waals surface area (Å²) in [4.78, 5) is 11.1. The van der Waals surface area contributed by atoms with Crippen LogP contribution in [0.15, 0.2) is 0 Å². The molecule has 64 valence electrons. The lowest BCUT2D eigenvalue weighted by atomic mass is 10.1. The molecule has 0 spiro atoms. The maximum atomic E-state index is 11.1. The van der Waals surface area contributed by atoms with Gasteiger partial charge in [0.15, 0.2) is 0 Å². The van der Waals surface area contributed by atoms with Crippen LogP contribution in [-0.2, 0) is 14.3 Å². The minimum Gasteiger partial charge on any atom is -0.463 e. The Morgan fingerprint density at radius 3 is 2.55 bits per heavy atom. The van der Waals surface area contributed by atoms with Crippen LogP contribution in [0.2, 0.25) is 0 Å². The summed E-state index contributed by atoms with van der Waals surface area (Å²) < 4.78 is 9.69. The molecule has 0 heterocycles. The molecule has 1 fully saturated rings. The maximum absolute atomic E-state index is 11.1. The van der Waals surface area contributed by atoms with Crippen LogP contribution in [0.3, 0.4) is 0 Å². The second-order valence-electron chi connectivity index (χ2n) is 3.19. The minimum atomic E-state index is -0.159. The summed E-state index contributed by atoms with van der Waals surface area (Å²) in [6.45, 7) is 2.80. The van der Waals surface area contributed by atoms with Crippen molar-refractivity contribution in [1.29, 1.82) is 0 Å². The molecule has 0 atom stereocenters. The third kappa shape index (κ3) is 2.19. The number of methoxy groups -OCH3 is 1. The number of hydrogen-bond donors (Lipinski definition) is 0. The average Bonchev–Trinajstić information content (AvgIpc) is 2.70. The van der Waals surface area contributed by atoms with Gasteiger partial charge in [-0.3, -0.25) is 4.79 Å². The summed E-state index contributed by atoms with van der Waals surface area (Å²) in [5, 5.41) is 0. The lowest BCUT2D eigenvalue weighted by molar-refractivity contribution is -0.150. The molecule has 0 unspecified atom stereocenters. The molecule has 1 aliphatic carbocycles. The zero-order valence-electron chi connectivity index (χ0n) is 7.05. The molecule has 3 nitrogen and oxygen atoms in total. The van der Waals surface area contributed by atoms with E-state index in [9.17, 15) is 4.79 Å². The molecule has 0 N–H and O–H groups in total. The van der Waals surface area contributed by atoms with Gasteiger partial charge in [-0.2, -0.15) is 0 Å². The highest BCUT2D eigenvalue weighted by Gasteiger charge is 2.46. The fraction of sp³-hybridized carbons (Fsp3) is 0.875. The fourth-order valence-corrected chi connectivity index (χ4v) is 0.784. The number of esters is 1. The highest BCUT2D eigenvalue weighted by Crippen LogP contribution is 2.45. The Morgan fingerprint density at radius 1 is 1.45 bits per heavy atom. The first-order valence-electron chi connectivity index (χ1n) is 3.85. The summed E-state index contributed by atoms with van der Waals surface area (Å²) in [6.07, 6.45) is 1.94. The van der Waals surface area contributed by atoms with Crippen molar-refractivity contribution in [2.24, 2.45) is 5.41 Å².